The molecule has 3 rings (SSSR count). The second-order valence-corrected chi connectivity index (χ2v) is 5.89. The number of para-hydroxylation sites is 1. The van der Waals surface area contributed by atoms with Crippen LogP contribution in [0.1, 0.15) is 0 Å². The van der Waals surface area contributed by atoms with E-state index < -0.39 is 15.3 Å². The minimum atomic E-state index is -4.33. The van der Waals surface area contributed by atoms with Crippen molar-refractivity contribution in [3.63, 3.8) is 0 Å². The molecule has 0 saturated heterocycles. The van der Waals surface area contributed by atoms with E-state index in [2.05, 4.69) is 16.5 Å². The second-order valence-electron chi connectivity index (χ2n) is 4.56. The summed E-state index contributed by atoms with van der Waals surface area (Å²) in [5, 5.41) is 7.32. The summed E-state index contributed by atoms with van der Waals surface area (Å²) in [6.07, 6.45) is 1.43. The van der Waals surface area contributed by atoms with Crippen LogP contribution in [0, 0.1) is 0 Å². The lowest BCUT2D eigenvalue weighted by Gasteiger charge is -2.01. The Morgan fingerprint density at radius 2 is 1.78 bits per heavy atom. The van der Waals surface area contributed by atoms with E-state index in [9.17, 15) is 8.42 Å². The van der Waals surface area contributed by atoms with Crippen LogP contribution in [-0.2, 0) is 10.1 Å². The summed E-state index contributed by atoms with van der Waals surface area (Å²) in [5.41, 5.74) is 2.82. The molecule has 0 bridgehead atoms. The van der Waals surface area contributed by atoms with E-state index in [0.717, 1.165) is 11.1 Å². The third-order valence-corrected chi connectivity index (χ3v) is 3.63. The Hall–Kier alpha value is -2.48. The fourth-order valence-corrected chi connectivity index (χ4v) is 2.43. The van der Waals surface area contributed by atoms with Crippen LogP contribution in [0.4, 0.5) is 0 Å². The zero-order valence-electron chi connectivity index (χ0n) is 12.2. The molecule has 23 heavy (non-hydrogen) atoms. The number of rotatable bonds is 3. The van der Waals surface area contributed by atoms with Crippen LogP contribution < -0.4 is 0 Å². The van der Waals surface area contributed by atoms with E-state index >= 15 is 0 Å². The van der Waals surface area contributed by atoms with Crippen molar-refractivity contribution >= 4 is 21.2 Å². The first-order valence-corrected chi connectivity index (χ1v) is 8.14. The van der Waals surface area contributed by atoms with Crippen molar-refractivity contribution < 1.29 is 18.1 Å². The Morgan fingerprint density at radius 1 is 1.13 bits per heavy atom. The largest absolute Gasteiger partial charge is 0.392 e. The number of aliphatic hydroxyl groups excluding tert-OH is 1. The van der Waals surface area contributed by atoms with Gasteiger partial charge in [-0.15, -0.1) is 6.58 Å². The lowest BCUT2D eigenvalue weighted by Crippen LogP contribution is -1.99. The van der Waals surface area contributed by atoms with Gasteiger partial charge >= 0.3 is 10.1 Å². The van der Waals surface area contributed by atoms with Gasteiger partial charge < -0.3 is 10.1 Å². The number of H-pyrrole nitrogens is 1. The van der Waals surface area contributed by atoms with E-state index in [1.165, 1.54) is 6.08 Å². The minimum absolute atomic E-state index is 0.0833. The molecular weight excluding hydrogens is 316 g/mol. The van der Waals surface area contributed by atoms with Gasteiger partial charge in [0.2, 0.25) is 0 Å². The molecule has 3 aromatic rings. The maximum Gasteiger partial charge on any atom is 0.328 e. The highest BCUT2D eigenvalue weighted by Crippen LogP contribution is 2.27. The molecule has 0 aliphatic heterocycles. The Morgan fingerprint density at radius 3 is 2.35 bits per heavy atom. The number of hydrogen-bond donors (Lipinski definition) is 3. The maximum absolute atomic E-state index is 11.1. The molecule has 6 nitrogen and oxygen atoms in total. The van der Waals surface area contributed by atoms with E-state index in [1.807, 2.05) is 36.4 Å². The van der Waals surface area contributed by atoms with Crippen LogP contribution in [-0.4, -0.2) is 34.7 Å². The van der Waals surface area contributed by atoms with Crippen LogP contribution in [0.2, 0.25) is 0 Å². The van der Waals surface area contributed by atoms with Gasteiger partial charge in [-0.1, -0.05) is 48.5 Å². The highest BCUT2D eigenvalue weighted by molar-refractivity contribution is 7.85. The fraction of sp³-hybridized carbons (Fsp3) is 0.0625. The number of fused-ring (bicyclic) bond motifs is 1. The number of aromatic amines is 1. The molecule has 0 saturated carbocycles. The van der Waals surface area contributed by atoms with Crippen LogP contribution in [0.25, 0.3) is 22.2 Å². The Bertz CT molecular complexity index is 902. The average molecular weight is 332 g/mol. The Labute approximate surface area is 133 Å². The van der Waals surface area contributed by atoms with Crippen LogP contribution in [0.5, 0.6) is 0 Å². The van der Waals surface area contributed by atoms with E-state index in [0.29, 0.717) is 11.0 Å². The zero-order valence-corrected chi connectivity index (χ0v) is 13.0. The molecule has 0 spiro atoms. The van der Waals surface area contributed by atoms with Gasteiger partial charge in [0.25, 0.3) is 5.16 Å². The van der Waals surface area contributed by atoms with Crippen molar-refractivity contribution in [2.75, 3.05) is 6.61 Å². The normalized spacial score (nSPS) is 10.9. The molecule has 0 radical (unpaired) electrons. The molecule has 7 heteroatoms. The highest BCUT2D eigenvalue weighted by atomic mass is 32.2. The summed E-state index contributed by atoms with van der Waals surface area (Å²) in [4.78, 5) is 6.56. The second kappa shape index (κ2) is 7.19. The number of nitrogens with one attached hydrogen (secondary N) is 1. The first-order valence-electron chi connectivity index (χ1n) is 6.70. The maximum atomic E-state index is 11.1. The molecule has 0 amide bonds. The molecule has 1 aromatic heterocycles. The van der Waals surface area contributed by atoms with Crippen LogP contribution in [0.3, 0.4) is 0 Å². The molecular formula is C16H16N2O4S. The summed E-state index contributed by atoms with van der Waals surface area (Å²) in [5.74, 6) is 0. The van der Waals surface area contributed by atoms with Gasteiger partial charge in [-0.2, -0.15) is 8.42 Å². The Balaban J connectivity index is 0.000000433. The lowest BCUT2D eigenvalue weighted by atomic mass is 10.0. The summed E-state index contributed by atoms with van der Waals surface area (Å²) < 4.78 is 31.3. The van der Waals surface area contributed by atoms with Crippen molar-refractivity contribution in [2.24, 2.45) is 0 Å². The first kappa shape index (κ1) is 16.9. The monoisotopic (exact) mass is 332 g/mol. The van der Waals surface area contributed by atoms with E-state index in [-0.39, 0.29) is 6.61 Å². The van der Waals surface area contributed by atoms with Crippen molar-refractivity contribution in [3.05, 3.63) is 61.2 Å². The number of hydrogen-bond acceptors (Lipinski definition) is 4. The third kappa shape index (κ3) is 4.04. The summed E-state index contributed by atoms with van der Waals surface area (Å²) in [6.45, 7) is 3.31. The fourth-order valence-electron chi connectivity index (χ4n) is 1.98. The number of benzene rings is 2. The first-order chi connectivity index (χ1) is 11.0. The van der Waals surface area contributed by atoms with Crippen molar-refractivity contribution in [1.29, 1.82) is 0 Å². The van der Waals surface area contributed by atoms with E-state index in [4.69, 9.17) is 9.66 Å². The minimum Gasteiger partial charge on any atom is -0.392 e. The molecule has 0 atom stereocenters. The van der Waals surface area contributed by atoms with E-state index in [1.54, 1.807) is 12.1 Å². The summed E-state index contributed by atoms with van der Waals surface area (Å²) in [7, 11) is -4.33. The van der Waals surface area contributed by atoms with Gasteiger partial charge in [0.15, 0.2) is 0 Å². The van der Waals surface area contributed by atoms with Gasteiger partial charge in [0.05, 0.1) is 17.6 Å². The predicted octanol–water partition coefficient (Wildman–Crippen LogP) is 2.64. The number of imidazole rings is 1. The quantitative estimate of drug-likeness (QED) is 0.505. The van der Waals surface area contributed by atoms with Gasteiger partial charge in [-0.25, -0.2) is 4.98 Å². The molecule has 120 valence electrons. The molecule has 0 aliphatic rings. The molecule has 2 aromatic carbocycles. The average Bonchev–Trinajstić information content (AvgIpc) is 3.00. The Kier molecular flexibility index (Phi) is 5.28. The molecule has 1 heterocycles. The smallest absolute Gasteiger partial charge is 0.328 e. The van der Waals surface area contributed by atoms with Crippen LogP contribution >= 0.6 is 0 Å². The SMILES string of the molecule is C=CCO.O=S(=O)(O)c1nc2c(-c3ccccc3)cccc2[nH]1. The molecule has 0 unspecified atom stereocenters. The summed E-state index contributed by atoms with van der Waals surface area (Å²) in [6, 6.07) is 14.9. The standard InChI is InChI=1S/C13H10N2O3S.C3H6O/c16-19(17,18)13-14-11-8-4-7-10(12(11)15-13)9-5-2-1-3-6-9;1-2-3-4/h1-8H,(H,14,15)(H,16,17,18);2,4H,1,3H2. The van der Waals surface area contributed by atoms with Crippen molar-refractivity contribution in [3.8, 4) is 11.1 Å². The lowest BCUT2D eigenvalue weighted by molar-refractivity contribution is 0.343. The van der Waals surface area contributed by atoms with Gasteiger partial charge in [0, 0.05) is 5.56 Å². The third-order valence-electron chi connectivity index (χ3n) is 2.95. The van der Waals surface area contributed by atoms with Gasteiger partial charge in [-0.05, 0) is 11.6 Å². The van der Waals surface area contributed by atoms with Gasteiger partial charge in [-0.3, -0.25) is 4.55 Å². The molecule has 0 fully saturated rings. The van der Waals surface area contributed by atoms with Crippen molar-refractivity contribution in [2.45, 2.75) is 5.16 Å². The molecule has 3 N–H and O–H groups in total. The summed E-state index contributed by atoms with van der Waals surface area (Å²) >= 11 is 0. The predicted molar refractivity (Wildman–Crippen MR) is 88.6 cm³/mol. The topological polar surface area (TPSA) is 103 Å². The zero-order chi connectivity index (χ0) is 16.9. The van der Waals surface area contributed by atoms with Crippen molar-refractivity contribution in [1.82, 2.24) is 9.97 Å². The molecule has 0 aliphatic carbocycles. The van der Waals surface area contributed by atoms with Gasteiger partial charge in [0.1, 0.15) is 0 Å². The highest BCUT2D eigenvalue weighted by Gasteiger charge is 2.17. The number of aliphatic hydroxyl groups is 1. The number of aromatic nitrogens is 2. The van der Waals surface area contributed by atoms with Crippen LogP contribution in [0.15, 0.2) is 66.3 Å². The number of nitrogens with zero attached hydrogens (tertiary/aromatic N) is 1.